The Morgan fingerprint density at radius 1 is 1.03 bits per heavy atom. The quantitative estimate of drug-likeness (QED) is 0.230. The molecule has 3 aromatic carbocycles. The predicted molar refractivity (Wildman–Crippen MR) is 156 cm³/mol. The zero-order valence-electron chi connectivity index (χ0n) is 22.9. The molecule has 7 nitrogen and oxygen atoms in total. The molecule has 2 N–H and O–H groups in total. The molecule has 2 fully saturated rings. The van der Waals surface area contributed by atoms with Crippen molar-refractivity contribution in [1.82, 2.24) is 15.2 Å². The van der Waals surface area contributed by atoms with Crippen molar-refractivity contribution in [1.29, 1.82) is 0 Å². The maximum absolute atomic E-state index is 12.4. The molecule has 0 radical (unpaired) electrons. The Hall–Kier alpha value is -3.26. The van der Waals surface area contributed by atoms with Crippen LogP contribution in [0, 0.1) is 6.92 Å². The summed E-state index contributed by atoms with van der Waals surface area (Å²) in [6.07, 6.45) is 9.17. The van der Waals surface area contributed by atoms with Crippen molar-refractivity contribution in [3.05, 3.63) is 76.9 Å². The second kappa shape index (κ2) is 13.2. The van der Waals surface area contributed by atoms with Gasteiger partial charge in [0.25, 0.3) is 5.91 Å². The fourth-order valence-corrected chi connectivity index (χ4v) is 5.81. The van der Waals surface area contributed by atoms with E-state index in [1.54, 1.807) is 25.3 Å². The number of nitrogens with zero attached hydrogens (tertiary/aromatic N) is 3. The van der Waals surface area contributed by atoms with Crippen LogP contribution in [0.5, 0.6) is 5.75 Å². The molecule has 206 valence electrons. The Morgan fingerprint density at radius 3 is 2.56 bits per heavy atom. The number of hydrogen-bond donors (Lipinski definition) is 2. The lowest BCUT2D eigenvalue weighted by atomic mass is 9.98. The Labute approximate surface area is 231 Å². The lowest BCUT2D eigenvalue weighted by Gasteiger charge is -2.40. The van der Waals surface area contributed by atoms with E-state index in [4.69, 9.17) is 4.74 Å². The van der Waals surface area contributed by atoms with Gasteiger partial charge in [0, 0.05) is 30.3 Å². The SMILES string of the molecule is Cc1cc(C(=O)N/N=C/c2ccc(CCOCN3CCC(N4CCCCC4)CC3)c3ccccc23)ccc1O. The summed E-state index contributed by atoms with van der Waals surface area (Å²) in [6.45, 7) is 7.97. The highest BCUT2D eigenvalue weighted by Gasteiger charge is 2.25. The van der Waals surface area contributed by atoms with Gasteiger partial charge in [-0.25, -0.2) is 5.43 Å². The standard InChI is InChI=1S/C32H40N4O3/c1-24-21-26(11-12-31(24)37)32(38)34-33-22-27-10-9-25(29-7-3-4-8-30(27)29)15-20-39-23-35-18-13-28(14-19-35)36-16-5-2-6-17-36/h3-4,7-12,21-22,28,37H,2,5-6,13-20,23H2,1H3,(H,34,38)/b33-22+. The van der Waals surface area contributed by atoms with Crippen molar-refractivity contribution < 1.29 is 14.6 Å². The minimum absolute atomic E-state index is 0.167. The van der Waals surface area contributed by atoms with Crippen LogP contribution in [0.15, 0.2) is 59.7 Å². The second-order valence-corrected chi connectivity index (χ2v) is 10.8. The number of piperidine rings is 2. The molecule has 0 saturated carbocycles. The number of amides is 1. The number of carbonyl (C=O) groups is 1. The number of nitrogens with one attached hydrogen (secondary N) is 1. The van der Waals surface area contributed by atoms with Crippen molar-refractivity contribution in [2.45, 2.75) is 51.5 Å². The first-order valence-corrected chi connectivity index (χ1v) is 14.3. The van der Waals surface area contributed by atoms with Gasteiger partial charge in [-0.3, -0.25) is 9.69 Å². The van der Waals surface area contributed by atoms with Crippen LogP contribution in [0.4, 0.5) is 0 Å². The fraction of sp³-hybridized carbons (Fsp3) is 0.438. The van der Waals surface area contributed by atoms with Crippen LogP contribution in [-0.4, -0.2) is 72.6 Å². The third-order valence-corrected chi connectivity index (χ3v) is 8.13. The van der Waals surface area contributed by atoms with Gasteiger partial charge in [-0.1, -0.05) is 42.8 Å². The maximum Gasteiger partial charge on any atom is 0.271 e. The number of aryl methyl sites for hydroxylation is 1. The predicted octanol–water partition coefficient (Wildman–Crippen LogP) is 5.08. The summed E-state index contributed by atoms with van der Waals surface area (Å²) < 4.78 is 6.11. The number of fused-ring (bicyclic) bond motifs is 1. The Kier molecular flexibility index (Phi) is 9.24. The number of ether oxygens (including phenoxy) is 1. The van der Waals surface area contributed by atoms with Crippen molar-refractivity contribution in [2.75, 3.05) is 39.5 Å². The number of likely N-dealkylation sites (tertiary alicyclic amines) is 2. The minimum atomic E-state index is -0.317. The zero-order valence-corrected chi connectivity index (χ0v) is 22.9. The van der Waals surface area contributed by atoms with E-state index in [0.717, 1.165) is 36.5 Å². The van der Waals surface area contributed by atoms with Crippen LogP contribution in [0.25, 0.3) is 10.8 Å². The molecule has 0 atom stereocenters. The molecule has 0 spiro atoms. The minimum Gasteiger partial charge on any atom is -0.508 e. The normalized spacial score (nSPS) is 17.7. The van der Waals surface area contributed by atoms with E-state index in [1.165, 1.54) is 62.2 Å². The van der Waals surface area contributed by atoms with Crippen LogP contribution >= 0.6 is 0 Å². The molecule has 0 bridgehead atoms. The van der Waals surface area contributed by atoms with Gasteiger partial charge in [-0.15, -0.1) is 0 Å². The largest absolute Gasteiger partial charge is 0.508 e. The topological polar surface area (TPSA) is 77.4 Å². The fourth-order valence-electron chi connectivity index (χ4n) is 5.81. The Balaban J connectivity index is 1.12. The highest BCUT2D eigenvalue weighted by atomic mass is 16.5. The van der Waals surface area contributed by atoms with Gasteiger partial charge in [0.05, 0.1) is 19.6 Å². The van der Waals surface area contributed by atoms with Crippen LogP contribution in [0.2, 0.25) is 0 Å². The molecule has 2 heterocycles. The van der Waals surface area contributed by atoms with Gasteiger partial charge >= 0.3 is 0 Å². The molecule has 0 aromatic heterocycles. The highest BCUT2D eigenvalue weighted by molar-refractivity contribution is 6.02. The first-order valence-electron chi connectivity index (χ1n) is 14.3. The number of aromatic hydroxyl groups is 1. The maximum atomic E-state index is 12.4. The number of phenols is 1. The van der Waals surface area contributed by atoms with Gasteiger partial charge in [-0.2, -0.15) is 5.10 Å². The average molecular weight is 529 g/mol. The number of hydrazone groups is 1. The summed E-state index contributed by atoms with van der Waals surface area (Å²) in [5.41, 5.74) is 5.87. The summed E-state index contributed by atoms with van der Waals surface area (Å²) in [5.74, 6) is -0.150. The van der Waals surface area contributed by atoms with E-state index >= 15 is 0 Å². The third-order valence-electron chi connectivity index (χ3n) is 8.13. The lowest BCUT2D eigenvalue weighted by Crippen LogP contribution is -2.47. The first kappa shape index (κ1) is 27.3. The lowest BCUT2D eigenvalue weighted by molar-refractivity contribution is 0.00105. The number of rotatable bonds is 9. The molecule has 7 heteroatoms. The highest BCUT2D eigenvalue weighted by Crippen LogP contribution is 2.24. The van der Waals surface area contributed by atoms with Crippen LogP contribution < -0.4 is 5.43 Å². The molecular formula is C32H40N4O3. The van der Waals surface area contributed by atoms with Crippen LogP contribution in [-0.2, 0) is 11.2 Å². The van der Waals surface area contributed by atoms with E-state index < -0.39 is 0 Å². The summed E-state index contributed by atoms with van der Waals surface area (Å²) in [5, 5.41) is 16.1. The van der Waals surface area contributed by atoms with E-state index in [2.05, 4.69) is 44.6 Å². The van der Waals surface area contributed by atoms with Crippen molar-refractivity contribution in [2.24, 2.45) is 5.10 Å². The monoisotopic (exact) mass is 528 g/mol. The Bertz CT molecular complexity index is 1290. The summed E-state index contributed by atoms with van der Waals surface area (Å²) in [4.78, 5) is 17.6. The zero-order chi connectivity index (χ0) is 27.0. The van der Waals surface area contributed by atoms with Crippen molar-refractivity contribution in [3.8, 4) is 5.75 Å². The molecule has 2 saturated heterocycles. The molecule has 2 aliphatic heterocycles. The molecule has 0 aliphatic carbocycles. The second-order valence-electron chi connectivity index (χ2n) is 10.8. The number of hydrogen-bond acceptors (Lipinski definition) is 6. The van der Waals surface area contributed by atoms with Gasteiger partial charge in [0.15, 0.2) is 0 Å². The molecule has 1 amide bonds. The van der Waals surface area contributed by atoms with Gasteiger partial charge in [-0.05, 0) is 92.2 Å². The van der Waals surface area contributed by atoms with Crippen LogP contribution in [0.1, 0.15) is 59.2 Å². The molecular weight excluding hydrogens is 488 g/mol. The first-order chi connectivity index (χ1) is 19.1. The van der Waals surface area contributed by atoms with E-state index in [-0.39, 0.29) is 11.7 Å². The molecule has 3 aromatic rings. The average Bonchev–Trinajstić information content (AvgIpc) is 2.98. The van der Waals surface area contributed by atoms with Crippen molar-refractivity contribution in [3.63, 3.8) is 0 Å². The molecule has 0 unspecified atom stereocenters. The van der Waals surface area contributed by atoms with E-state index in [9.17, 15) is 9.90 Å². The smallest absolute Gasteiger partial charge is 0.271 e. The molecule has 2 aliphatic rings. The van der Waals surface area contributed by atoms with Crippen LogP contribution in [0.3, 0.4) is 0 Å². The third kappa shape index (κ3) is 7.04. The van der Waals surface area contributed by atoms with E-state index in [0.29, 0.717) is 24.5 Å². The summed E-state index contributed by atoms with van der Waals surface area (Å²) in [7, 11) is 0. The Morgan fingerprint density at radius 2 is 1.79 bits per heavy atom. The van der Waals surface area contributed by atoms with Gasteiger partial charge < -0.3 is 14.7 Å². The molecule has 5 rings (SSSR count). The van der Waals surface area contributed by atoms with E-state index in [1.807, 2.05) is 12.1 Å². The van der Waals surface area contributed by atoms with Crippen molar-refractivity contribution >= 4 is 22.9 Å². The number of carbonyl (C=O) groups excluding carboxylic acids is 1. The number of phenolic OH excluding ortho intramolecular Hbond substituents is 1. The summed E-state index contributed by atoms with van der Waals surface area (Å²) >= 11 is 0. The molecule has 39 heavy (non-hydrogen) atoms. The number of benzene rings is 3. The summed E-state index contributed by atoms with van der Waals surface area (Å²) in [6, 6.07) is 18.0. The van der Waals surface area contributed by atoms with Gasteiger partial charge in [0.1, 0.15) is 5.75 Å². The van der Waals surface area contributed by atoms with Gasteiger partial charge in [0.2, 0.25) is 0 Å².